The molecule has 0 heterocycles. The lowest BCUT2D eigenvalue weighted by Crippen LogP contribution is -2.38. The van der Waals surface area contributed by atoms with E-state index in [1.54, 1.807) is 6.07 Å². The third kappa shape index (κ3) is 5.58. The Kier molecular flexibility index (Phi) is 6.37. The molecular weight excluding hydrogens is 286 g/mol. The van der Waals surface area contributed by atoms with Crippen LogP contribution in [0, 0.1) is 6.92 Å². The summed E-state index contributed by atoms with van der Waals surface area (Å²) in [6.07, 6.45) is 8.46. The summed E-state index contributed by atoms with van der Waals surface area (Å²) < 4.78 is 5.53. The van der Waals surface area contributed by atoms with Crippen LogP contribution in [-0.2, 0) is 4.79 Å². The van der Waals surface area contributed by atoms with Gasteiger partial charge in [0.1, 0.15) is 5.75 Å². The first-order chi connectivity index (χ1) is 10.1. The molecule has 1 aliphatic carbocycles. The molecular formula is C17H24ClNO2. The van der Waals surface area contributed by atoms with Crippen molar-refractivity contribution in [2.75, 3.05) is 6.61 Å². The van der Waals surface area contributed by atoms with Gasteiger partial charge < -0.3 is 10.1 Å². The predicted molar refractivity (Wildman–Crippen MR) is 85.9 cm³/mol. The Morgan fingerprint density at radius 2 is 1.90 bits per heavy atom. The maximum absolute atomic E-state index is 12.0. The predicted octanol–water partition coefficient (Wildman–Crippen LogP) is 4.26. The minimum atomic E-state index is -0.0573. The van der Waals surface area contributed by atoms with Gasteiger partial charge in [0, 0.05) is 6.04 Å². The van der Waals surface area contributed by atoms with E-state index in [0.29, 0.717) is 16.8 Å². The van der Waals surface area contributed by atoms with Crippen molar-refractivity contribution < 1.29 is 9.53 Å². The fourth-order valence-electron chi connectivity index (χ4n) is 2.73. The third-order valence-electron chi connectivity index (χ3n) is 3.92. The molecule has 0 saturated heterocycles. The number of carbonyl (C=O) groups excluding carboxylic acids is 1. The average molecular weight is 310 g/mol. The summed E-state index contributed by atoms with van der Waals surface area (Å²) in [7, 11) is 0. The molecule has 1 fully saturated rings. The second-order valence-electron chi connectivity index (χ2n) is 5.83. The molecule has 3 nitrogen and oxygen atoms in total. The average Bonchev–Trinajstić information content (AvgIpc) is 2.43. The van der Waals surface area contributed by atoms with E-state index in [1.165, 1.54) is 32.1 Å². The van der Waals surface area contributed by atoms with Crippen LogP contribution < -0.4 is 10.1 Å². The summed E-state index contributed by atoms with van der Waals surface area (Å²) in [4.78, 5) is 12.0. The zero-order valence-electron chi connectivity index (χ0n) is 12.7. The molecule has 1 aromatic rings. The topological polar surface area (TPSA) is 38.3 Å². The fourth-order valence-corrected chi connectivity index (χ4v) is 2.91. The van der Waals surface area contributed by atoms with Crippen molar-refractivity contribution in [1.82, 2.24) is 5.32 Å². The van der Waals surface area contributed by atoms with Crippen molar-refractivity contribution >= 4 is 17.5 Å². The summed E-state index contributed by atoms with van der Waals surface area (Å²) in [5.41, 5.74) is 1.06. The molecule has 1 N–H and O–H groups in total. The largest absolute Gasteiger partial charge is 0.482 e. The number of benzene rings is 1. The molecule has 0 unspecified atom stereocenters. The molecule has 21 heavy (non-hydrogen) atoms. The van der Waals surface area contributed by atoms with Crippen LogP contribution in [0.2, 0.25) is 5.02 Å². The number of ether oxygens (including phenoxy) is 1. The van der Waals surface area contributed by atoms with Crippen molar-refractivity contribution in [2.45, 2.75) is 57.9 Å². The van der Waals surface area contributed by atoms with E-state index in [2.05, 4.69) is 5.32 Å². The Labute approximate surface area is 132 Å². The molecule has 2 rings (SSSR count). The minimum absolute atomic E-state index is 0.0275. The summed E-state index contributed by atoms with van der Waals surface area (Å²) in [5.74, 6) is 0.516. The van der Waals surface area contributed by atoms with Gasteiger partial charge >= 0.3 is 0 Å². The van der Waals surface area contributed by atoms with Gasteiger partial charge in [0.15, 0.2) is 6.61 Å². The van der Waals surface area contributed by atoms with E-state index in [-0.39, 0.29) is 12.5 Å². The molecule has 4 heteroatoms. The van der Waals surface area contributed by atoms with Crippen molar-refractivity contribution in [3.05, 3.63) is 28.8 Å². The Morgan fingerprint density at radius 3 is 2.62 bits per heavy atom. The SMILES string of the molecule is Cc1ccc(Cl)c(OCC(=O)NC2CCCCCCC2)c1. The highest BCUT2D eigenvalue weighted by Gasteiger charge is 2.14. The zero-order chi connectivity index (χ0) is 15.1. The molecule has 1 aliphatic rings. The first-order valence-electron chi connectivity index (χ1n) is 7.83. The number of carbonyl (C=O) groups is 1. The lowest BCUT2D eigenvalue weighted by molar-refractivity contribution is -0.123. The molecule has 0 radical (unpaired) electrons. The molecule has 1 aromatic carbocycles. The van der Waals surface area contributed by atoms with Crippen LogP contribution in [0.1, 0.15) is 50.5 Å². The van der Waals surface area contributed by atoms with Gasteiger partial charge in [-0.15, -0.1) is 0 Å². The number of aryl methyl sites for hydroxylation is 1. The van der Waals surface area contributed by atoms with Crippen LogP contribution in [0.4, 0.5) is 0 Å². The lowest BCUT2D eigenvalue weighted by atomic mass is 9.97. The van der Waals surface area contributed by atoms with Crippen molar-refractivity contribution in [1.29, 1.82) is 0 Å². The molecule has 116 valence electrons. The van der Waals surface area contributed by atoms with Crippen LogP contribution in [0.3, 0.4) is 0 Å². The summed E-state index contributed by atoms with van der Waals surface area (Å²) in [5, 5.41) is 3.63. The highest BCUT2D eigenvalue weighted by Crippen LogP contribution is 2.25. The highest BCUT2D eigenvalue weighted by molar-refractivity contribution is 6.32. The first kappa shape index (κ1) is 16.2. The van der Waals surface area contributed by atoms with E-state index >= 15 is 0 Å². The normalized spacial score (nSPS) is 16.9. The lowest BCUT2D eigenvalue weighted by Gasteiger charge is -2.21. The van der Waals surface area contributed by atoms with Gasteiger partial charge in [-0.2, -0.15) is 0 Å². The fraction of sp³-hybridized carbons (Fsp3) is 0.588. The van der Waals surface area contributed by atoms with Gasteiger partial charge in [0.2, 0.25) is 0 Å². The van der Waals surface area contributed by atoms with E-state index < -0.39 is 0 Å². The number of halogens is 1. The monoisotopic (exact) mass is 309 g/mol. The Balaban J connectivity index is 1.79. The first-order valence-corrected chi connectivity index (χ1v) is 8.21. The van der Waals surface area contributed by atoms with Gasteiger partial charge in [-0.25, -0.2) is 0 Å². The smallest absolute Gasteiger partial charge is 0.258 e. The Hall–Kier alpha value is -1.22. The number of hydrogen-bond donors (Lipinski definition) is 1. The van der Waals surface area contributed by atoms with Crippen LogP contribution in [0.5, 0.6) is 5.75 Å². The third-order valence-corrected chi connectivity index (χ3v) is 4.23. The van der Waals surface area contributed by atoms with Crippen LogP contribution in [-0.4, -0.2) is 18.6 Å². The summed E-state index contributed by atoms with van der Waals surface area (Å²) >= 11 is 6.05. The molecule has 0 atom stereocenters. The quantitative estimate of drug-likeness (QED) is 0.902. The van der Waals surface area contributed by atoms with Gasteiger partial charge in [-0.05, 0) is 37.5 Å². The van der Waals surface area contributed by atoms with Crippen molar-refractivity contribution in [3.63, 3.8) is 0 Å². The van der Waals surface area contributed by atoms with Crippen LogP contribution in [0.25, 0.3) is 0 Å². The number of nitrogens with one attached hydrogen (secondary N) is 1. The summed E-state index contributed by atoms with van der Waals surface area (Å²) in [6.45, 7) is 2.00. The number of hydrogen-bond acceptors (Lipinski definition) is 2. The van der Waals surface area contributed by atoms with Gasteiger partial charge in [-0.3, -0.25) is 4.79 Å². The van der Waals surface area contributed by atoms with E-state index in [9.17, 15) is 4.79 Å². The maximum Gasteiger partial charge on any atom is 0.258 e. The highest BCUT2D eigenvalue weighted by atomic mass is 35.5. The van der Waals surface area contributed by atoms with Gasteiger partial charge in [0.25, 0.3) is 5.91 Å². The summed E-state index contributed by atoms with van der Waals surface area (Å²) in [6, 6.07) is 5.86. The van der Waals surface area contributed by atoms with E-state index in [0.717, 1.165) is 18.4 Å². The number of amides is 1. The zero-order valence-corrected chi connectivity index (χ0v) is 13.4. The van der Waals surface area contributed by atoms with E-state index in [4.69, 9.17) is 16.3 Å². The van der Waals surface area contributed by atoms with Crippen molar-refractivity contribution in [2.24, 2.45) is 0 Å². The minimum Gasteiger partial charge on any atom is -0.482 e. The van der Waals surface area contributed by atoms with Gasteiger partial charge in [-0.1, -0.05) is 49.8 Å². The molecule has 1 amide bonds. The van der Waals surface area contributed by atoms with Crippen molar-refractivity contribution in [3.8, 4) is 5.75 Å². The second kappa shape index (κ2) is 8.28. The molecule has 1 saturated carbocycles. The van der Waals surface area contributed by atoms with Gasteiger partial charge in [0.05, 0.1) is 5.02 Å². The molecule has 0 aliphatic heterocycles. The van der Waals surface area contributed by atoms with Crippen LogP contribution >= 0.6 is 11.6 Å². The molecule has 0 spiro atoms. The Bertz CT molecular complexity index is 468. The maximum atomic E-state index is 12.0. The van der Waals surface area contributed by atoms with E-state index in [1.807, 2.05) is 19.1 Å². The molecule has 0 aromatic heterocycles. The standard InChI is InChI=1S/C17H24ClNO2/c1-13-9-10-15(18)16(11-13)21-12-17(20)19-14-7-5-3-2-4-6-8-14/h9-11,14H,2-8,12H2,1H3,(H,19,20). The molecule has 0 bridgehead atoms. The van der Waals surface area contributed by atoms with Crippen LogP contribution in [0.15, 0.2) is 18.2 Å². The Morgan fingerprint density at radius 1 is 1.24 bits per heavy atom. The number of rotatable bonds is 4. The second-order valence-corrected chi connectivity index (χ2v) is 6.24.